The van der Waals surface area contributed by atoms with Gasteiger partial charge in [0.2, 0.25) is 0 Å². The zero-order chi connectivity index (χ0) is 21.3. The Morgan fingerprint density at radius 3 is 2.27 bits per heavy atom. The Morgan fingerprint density at radius 2 is 1.57 bits per heavy atom. The quantitative estimate of drug-likeness (QED) is 0.448. The molecule has 1 amide bonds. The minimum atomic E-state index is -0.152. The molecule has 1 aliphatic carbocycles. The van der Waals surface area contributed by atoms with Crippen LogP contribution in [-0.2, 0) is 0 Å². The van der Waals surface area contributed by atoms with E-state index in [0.29, 0.717) is 32.5 Å². The molecular weight excluding hydrogens is 443 g/mol. The predicted octanol–water partition coefficient (Wildman–Crippen LogP) is 5.93. The highest BCUT2D eigenvalue weighted by molar-refractivity contribution is 6.35. The van der Waals surface area contributed by atoms with E-state index in [2.05, 4.69) is 15.6 Å². The second-order valence-electron chi connectivity index (χ2n) is 7.58. The van der Waals surface area contributed by atoms with Gasteiger partial charge in [-0.2, -0.15) is 0 Å². The summed E-state index contributed by atoms with van der Waals surface area (Å²) in [7, 11) is 0. The monoisotopic (exact) mass is 462 g/mol. The minimum Gasteiger partial charge on any atom is -0.384 e. The molecule has 156 valence electrons. The van der Waals surface area contributed by atoms with E-state index in [4.69, 9.17) is 40.5 Å². The van der Waals surface area contributed by atoms with E-state index in [1.807, 2.05) is 24.3 Å². The number of fused-ring (bicyclic) bond motifs is 1. The standard InChI is InChI=1S/C22H21Cl3N4O/c23-13-1-6-18-19(10-13)29-21(26)11-20(18)27-16-2-4-17(5-3-16)28-22(30)12-7-14(24)9-15(25)8-12/h1,6-11,16-17H,2-5H2,(H,28,30)(H3,26,27,29)/t16-,17+. The van der Waals surface area contributed by atoms with Crippen molar-refractivity contribution >= 4 is 63.1 Å². The molecule has 0 atom stereocenters. The first-order valence-electron chi connectivity index (χ1n) is 9.76. The third kappa shape index (κ3) is 4.91. The molecule has 4 N–H and O–H groups in total. The normalized spacial score (nSPS) is 18.9. The summed E-state index contributed by atoms with van der Waals surface area (Å²) < 4.78 is 0. The molecule has 2 aromatic carbocycles. The number of nitrogens with two attached hydrogens (primary N) is 1. The van der Waals surface area contributed by atoms with E-state index in [9.17, 15) is 4.79 Å². The van der Waals surface area contributed by atoms with Gasteiger partial charge in [0.15, 0.2) is 0 Å². The van der Waals surface area contributed by atoms with Crippen molar-refractivity contribution < 1.29 is 4.79 Å². The van der Waals surface area contributed by atoms with Crippen molar-refractivity contribution in [3.63, 3.8) is 0 Å². The Balaban J connectivity index is 1.38. The summed E-state index contributed by atoms with van der Waals surface area (Å²) >= 11 is 18.1. The number of hydrogen-bond acceptors (Lipinski definition) is 4. The maximum Gasteiger partial charge on any atom is 0.251 e. The number of nitrogen functional groups attached to an aromatic ring is 1. The van der Waals surface area contributed by atoms with Crippen molar-refractivity contribution in [1.82, 2.24) is 10.3 Å². The van der Waals surface area contributed by atoms with E-state index in [-0.39, 0.29) is 11.9 Å². The highest BCUT2D eigenvalue weighted by Crippen LogP contribution is 2.30. The molecule has 1 saturated carbocycles. The lowest BCUT2D eigenvalue weighted by atomic mass is 9.90. The molecule has 30 heavy (non-hydrogen) atoms. The van der Waals surface area contributed by atoms with Crippen LogP contribution in [0, 0.1) is 0 Å². The first-order chi connectivity index (χ1) is 14.4. The van der Waals surface area contributed by atoms with Gasteiger partial charge >= 0.3 is 0 Å². The van der Waals surface area contributed by atoms with Crippen molar-refractivity contribution in [2.24, 2.45) is 0 Å². The summed E-state index contributed by atoms with van der Waals surface area (Å²) in [5.41, 5.74) is 8.17. The average molecular weight is 464 g/mol. The number of carbonyl (C=O) groups excluding carboxylic acids is 1. The van der Waals surface area contributed by atoms with Gasteiger partial charge in [-0.15, -0.1) is 0 Å². The van der Waals surface area contributed by atoms with Gasteiger partial charge in [0.05, 0.1) is 5.52 Å². The molecule has 0 spiro atoms. The number of anilines is 2. The maximum absolute atomic E-state index is 12.5. The van der Waals surface area contributed by atoms with E-state index in [1.54, 1.807) is 18.2 Å². The number of amides is 1. The Bertz CT molecular complexity index is 1070. The first-order valence-corrected chi connectivity index (χ1v) is 10.9. The van der Waals surface area contributed by atoms with E-state index >= 15 is 0 Å². The van der Waals surface area contributed by atoms with E-state index < -0.39 is 0 Å². The third-order valence-electron chi connectivity index (χ3n) is 5.34. The molecule has 1 heterocycles. The van der Waals surface area contributed by atoms with Crippen LogP contribution in [0.3, 0.4) is 0 Å². The van der Waals surface area contributed by atoms with Gasteiger partial charge in [0.25, 0.3) is 5.91 Å². The molecule has 1 aromatic heterocycles. The lowest BCUT2D eigenvalue weighted by Gasteiger charge is -2.30. The largest absolute Gasteiger partial charge is 0.384 e. The lowest BCUT2D eigenvalue weighted by molar-refractivity contribution is 0.0926. The van der Waals surface area contributed by atoms with E-state index in [1.165, 1.54) is 0 Å². The van der Waals surface area contributed by atoms with Crippen LogP contribution in [0.5, 0.6) is 0 Å². The number of rotatable bonds is 4. The Labute approximate surface area is 189 Å². The molecule has 0 aliphatic heterocycles. The van der Waals surface area contributed by atoms with Gasteiger partial charge in [-0.25, -0.2) is 4.98 Å². The summed E-state index contributed by atoms with van der Waals surface area (Å²) in [5, 5.41) is 9.20. The zero-order valence-electron chi connectivity index (χ0n) is 16.1. The Kier molecular flexibility index (Phi) is 6.23. The van der Waals surface area contributed by atoms with Crippen LogP contribution in [0.25, 0.3) is 10.9 Å². The molecule has 3 aromatic rings. The van der Waals surface area contributed by atoms with Crippen LogP contribution in [0.4, 0.5) is 11.5 Å². The summed E-state index contributed by atoms with van der Waals surface area (Å²) in [6.07, 6.45) is 3.61. The molecule has 4 rings (SSSR count). The van der Waals surface area contributed by atoms with Gasteiger partial charge in [-0.1, -0.05) is 34.8 Å². The van der Waals surface area contributed by atoms with Gasteiger partial charge in [-0.3, -0.25) is 4.79 Å². The molecule has 0 radical (unpaired) electrons. The Morgan fingerprint density at radius 1 is 0.900 bits per heavy atom. The van der Waals surface area contributed by atoms with Crippen LogP contribution in [0.2, 0.25) is 15.1 Å². The summed E-state index contributed by atoms with van der Waals surface area (Å²) in [6.45, 7) is 0. The number of benzene rings is 2. The highest BCUT2D eigenvalue weighted by atomic mass is 35.5. The SMILES string of the molecule is Nc1cc(N[C@H]2CC[C@@H](NC(=O)c3cc(Cl)cc(Cl)c3)CC2)c2ccc(Cl)cc2n1. The van der Waals surface area contributed by atoms with Gasteiger partial charge in [0, 0.05) is 49.9 Å². The molecular formula is C22H21Cl3N4O. The number of nitrogens with one attached hydrogen (secondary N) is 2. The number of carbonyl (C=O) groups is 1. The van der Waals surface area contributed by atoms with Gasteiger partial charge < -0.3 is 16.4 Å². The van der Waals surface area contributed by atoms with Crippen LogP contribution in [-0.4, -0.2) is 23.0 Å². The molecule has 1 fully saturated rings. The van der Waals surface area contributed by atoms with Crippen molar-refractivity contribution in [3.05, 3.63) is 63.1 Å². The second kappa shape index (κ2) is 8.88. The fourth-order valence-corrected chi connectivity index (χ4v) is 4.59. The summed E-state index contributed by atoms with van der Waals surface area (Å²) in [6, 6.07) is 12.7. The number of aromatic nitrogens is 1. The van der Waals surface area contributed by atoms with Crippen molar-refractivity contribution in [2.45, 2.75) is 37.8 Å². The fourth-order valence-electron chi connectivity index (χ4n) is 3.90. The molecule has 0 unspecified atom stereocenters. The number of nitrogens with zero attached hydrogens (tertiary/aromatic N) is 1. The number of halogens is 3. The molecule has 1 aliphatic rings. The molecule has 8 heteroatoms. The fraction of sp³-hybridized carbons (Fsp3) is 0.273. The average Bonchev–Trinajstić information content (AvgIpc) is 2.68. The first kappa shape index (κ1) is 21.0. The van der Waals surface area contributed by atoms with Gasteiger partial charge in [0.1, 0.15) is 5.82 Å². The highest BCUT2D eigenvalue weighted by Gasteiger charge is 2.23. The smallest absolute Gasteiger partial charge is 0.251 e. The maximum atomic E-state index is 12.5. The second-order valence-corrected chi connectivity index (χ2v) is 8.89. The minimum absolute atomic E-state index is 0.117. The zero-order valence-corrected chi connectivity index (χ0v) is 18.4. The van der Waals surface area contributed by atoms with Crippen LogP contribution >= 0.6 is 34.8 Å². The van der Waals surface area contributed by atoms with Crippen LogP contribution < -0.4 is 16.4 Å². The molecule has 0 bridgehead atoms. The summed E-state index contributed by atoms with van der Waals surface area (Å²) in [5.74, 6) is 0.300. The van der Waals surface area contributed by atoms with Crippen LogP contribution in [0.15, 0.2) is 42.5 Å². The van der Waals surface area contributed by atoms with Gasteiger partial charge in [-0.05, 0) is 62.1 Å². The van der Waals surface area contributed by atoms with Crippen molar-refractivity contribution in [2.75, 3.05) is 11.1 Å². The molecule has 0 saturated heterocycles. The summed E-state index contributed by atoms with van der Waals surface area (Å²) in [4.78, 5) is 16.9. The number of pyridine rings is 1. The molecule has 5 nitrogen and oxygen atoms in total. The Hall–Kier alpha value is -2.21. The lowest BCUT2D eigenvalue weighted by Crippen LogP contribution is -2.40. The van der Waals surface area contributed by atoms with E-state index in [0.717, 1.165) is 42.3 Å². The predicted molar refractivity (Wildman–Crippen MR) is 125 cm³/mol. The van der Waals surface area contributed by atoms with Crippen molar-refractivity contribution in [1.29, 1.82) is 0 Å². The van der Waals surface area contributed by atoms with Crippen LogP contribution in [0.1, 0.15) is 36.0 Å². The van der Waals surface area contributed by atoms with Crippen molar-refractivity contribution in [3.8, 4) is 0 Å². The third-order valence-corrected chi connectivity index (χ3v) is 6.01. The topological polar surface area (TPSA) is 80.0 Å². The number of hydrogen-bond donors (Lipinski definition) is 3.